The molecule has 0 spiro atoms. The Morgan fingerprint density at radius 2 is 2.04 bits per heavy atom. The largest absolute Gasteiger partial charge is 0.462 e. The first-order valence-electron chi connectivity index (χ1n) is 8.54. The fourth-order valence-electron chi connectivity index (χ4n) is 2.90. The summed E-state index contributed by atoms with van der Waals surface area (Å²) in [7, 11) is 0. The monoisotopic (exact) mass is 379 g/mol. The normalized spacial score (nSPS) is 11.1. The van der Waals surface area contributed by atoms with Crippen molar-refractivity contribution in [3.05, 3.63) is 52.8 Å². The smallest absolute Gasteiger partial charge is 0.348 e. The third kappa shape index (κ3) is 3.21. The van der Waals surface area contributed by atoms with Gasteiger partial charge in [0.25, 0.3) is 0 Å². The minimum absolute atomic E-state index is 0.325. The molecule has 0 unspecified atom stereocenters. The lowest BCUT2D eigenvalue weighted by Gasteiger charge is -2.08. The van der Waals surface area contributed by atoms with Crippen molar-refractivity contribution in [1.82, 2.24) is 15.0 Å². The zero-order valence-electron chi connectivity index (χ0n) is 15.1. The van der Waals surface area contributed by atoms with E-state index in [0.717, 1.165) is 21.9 Å². The van der Waals surface area contributed by atoms with E-state index < -0.39 is 0 Å². The second kappa shape index (κ2) is 6.92. The molecule has 0 bridgehead atoms. The van der Waals surface area contributed by atoms with Gasteiger partial charge >= 0.3 is 5.97 Å². The molecule has 0 atom stereocenters. The van der Waals surface area contributed by atoms with E-state index in [2.05, 4.69) is 15.0 Å². The molecule has 0 aliphatic heterocycles. The van der Waals surface area contributed by atoms with Crippen LogP contribution >= 0.6 is 11.3 Å². The molecule has 0 radical (unpaired) electrons. The van der Waals surface area contributed by atoms with Crippen molar-refractivity contribution in [1.29, 1.82) is 0 Å². The first-order valence-corrected chi connectivity index (χ1v) is 9.36. The third-order valence-electron chi connectivity index (χ3n) is 4.12. The summed E-state index contributed by atoms with van der Waals surface area (Å²) in [6.45, 7) is 5.77. The number of hydrogen-bond donors (Lipinski definition) is 0. The zero-order chi connectivity index (χ0) is 19.0. The summed E-state index contributed by atoms with van der Waals surface area (Å²) in [5, 5.41) is 1.71. The van der Waals surface area contributed by atoms with Crippen molar-refractivity contribution >= 4 is 38.4 Å². The van der Waals surface area contributed by atoms with Crippen LogP contribution in [0.15, 0.2) is 36.5 Å². The number of hydrogen-bond acceptors (Lipinski definition) is 7. The van der Waals surface area contributed by atoms with Crippen LogP contribution < -0.4 is 4.74 Å². The number of carbonyl (C=O) groups excluding carboxylic acids is 1. The molecule has 6 nitrogen and oxygen atoms in total. The van der Waals surface area contributed by atoms with Gasteiger partial charge in [-0.2, -0.15) is 4.98 Å². The summed E-state index contributed by atoms with van der Waals surface area (Å²) < 4.78 is 11.2. The lowest BCUT2D eigenvalue weighted by atomic mass is 10.2. The van der Waals surface area contributed by atoms with E-state index in [4.69, 9.17) is 9.47 Å². The molecule has 136 valence electrons. The van der Waals surface area contributed by atoms with Crippen LogP contribution in [0.2, 0.25) is 0 Å². The average molecular weight is 379 g/mol. The van der Waals surface area contributed by atoms with Crippen molar-refractivity contribution in [3.8, 4) is 11.6 Å². The Morgan fingerprint density at radius 3 is 2.85 bits per heavy atom. The van der Waals surface area contributed by atoms with E-state index >= 15 is 0 Å². The van der Waals surface area contributed by atoms with E-state index in [9.17, 15) is 4.79 Å². The number of rotatable bonds is 4. The van der Waals surface area contributed by atoms with Crippen LogP contribution in [0, 0.1) is 13.8 Å². The highest BCUT2D eigenvalue weighted by Crippen LogP contribution is 2.37. The molecule has 3 heterocycles. The van der Waals surface area contributed by atoms with Crippen molar-refractivity contribution < 1.29 is 14.3 Å². The third-order valence-corrected chi connectivity index (χ3v) is 5.28. The quantitative estimate of drug-likeness (QED) is 0.473. The summed E-state index contributed by atoms with van der Waals surface area (Å²) >= 11 is 1.30. The van der Waals surface area contributed by atoms with Gasteiger partial charge in [-0.25, -0.2) is 9.78 Å². The maximum atomic E-state index is 12.2. The SMILES string of the molecule is CCOC(=O)c1sc2nc(C)nc(Oc3ccc4ncccc4c3)c2c1C. The first kappa shape index (κ1) is 17.4. The number of carbonyl (C=O) groups is 1. The summed E-state index contributed by atoms with van der Waals surface area (Å²) in [4.78, 5) is 26.7. The Balaban J connectivity index is 1.81. The topological polar surface area (TPSA) is 74.2 Å². The van der Waals surface area contributed by atoms with Gasteiger partial charge in [-0.1, -0.05) is 6.07 Å². The molecule has 0 saturated carbocycles. The summed E-state index contributed by atoms with van der Waals surface area (Å²) in [6.07, 6.45) is 1.76. The molecule has 0 fully saturated rings. The van der Waals surface area contributed by atoms with Gasteiger partial charge < -0.3 is 9.47 Å². The van der Waals surface area contributed by atoms with Crippen LogP contribution in [0.4, 0.5) is 0 Å². The Bertz CT molecular complexity index is 1170. The molecular formula is C20H17N3O3S. The predicted octanol–water partition coefficient (Wildman–Crippen LogP) is 4.83. The van der Waals surface area contributed by atoms with Gasteiger partial charge in [0.15, 0.2) is 0 Å². The van der Waals surface area contributed by atoms with Crippen LogP contribution in [0.25, 0.3) is 21.1 Å². The number of aryl methyl sites for hydroxylation is 2. The van der Waals surface area contributed by atoms with Crippen molar-refractivity contribution in [2.45, 2.75) is 20.8 Å². The second-order valence-corrected chi connectivity index (χ2v) is 6.99. The fraction of sp³-hybridized carbons (Fsp3) is 0.200. The number of nitrogens with zero attached hydrogens (tertiary/aromatic N) is 3. The van der Waals surface area contributed by atoms with E-state index in [1.807, 2.05) is 37.3 Å². The Hall–Kier alpha value is -3.06. The van der Waals surface area contributed by atoms with Gasteiger partial charge in [-0.15, -0.1) is 11.3 Å². The standard InChI is InChI=1S/C20H17N3O3S/c1-4-25-20(24)17-11(2)16-18(22-12(3)23-19(16)27-17)26-14-7-8-15-13(10-14)6-5-9-21-15/h5-10H,4H2,1-3H3. The van der Waals surface area contributed by atoms with Crippen molar-refractivity contribution in [2.75, 3.05) is 6.61 Å². The second-order valence-electron chi connectivity index (χ2n) is 5.99. The number of pyridine rings is 1. The van der Waals surface area contributed by atoms with E-state index in [0.29, 0.717) is 33.8 Å². The minimum atomic E-state index is -0.349. The predicted molar refractivity (Wildman–Crippen MR) is 105 cm³/mol. The van der Waals surface area contributed by atoms with Gasteiger partial charge in [0.05, 0.1) is 17.5 Å². The zero-order valence-corrected chi connectivity index (χ0v) is 16.0. The number of esters is 1. The van der Waals surface area contributed by atoms with Crippen molar-refractivity contribution in [2.24, 2.45) is 0 Å². The molecule has 0 amide bonds. The number of thiophene rings is 1. The van der Waals surface area contributed by atoms with E-state index in [1.54, 1.807) is 20.0 Å². The Kier molecular flexibility index (Phi) is 4.45. The van der Waals surface area contributed by atoms with E-state index in [-0.39, 0.29) is 5.97 Å². The number of aromatic nitrogens is 3. The highest BCUT2D eigenvalue weighted by Gasteiger charge is 2.22. The van der Waals surface area contributed by atoms with Crippen LogP contribution in [0.3, 0.4) is 0 Å². The van der Waals surface area contributed by atoms with Crippen LogP contribution in [0.5, 0.6) is 11.6 Å². The lowest BCUT2D eigenvalue weighted by molar-refractivity contribution is 0.0531. The molecule has 4 rings (SSSR count). The minimum Gasteiger partial charge on any atom is -0.462 e. The highest BCUT2D eigenvalue weighted by atomic mass is 32.1. The van der Waals surface area contributed by atoms with Crippen LogP contribution in [-0.4, -0.2) is 27.5 Å². The van der Waals surface area contributed by atoms with Crippen molar-refractivity contribution in [3.63, 3.8) is 0 Å². The molecule has 0 saturated heterocycles. The molecule has 0 aliphatic rings. The summed E-state index contributed by atoms with van der Waals surface area (Å²) in [5.74, 6) is 1.32. The molecule has 0 N–H and O–H groups in total. The molecular weight excluding hydrogens is 362 g/mol. The maximum absolute atomic E-state index is 12.2. The fourth-order valence-corrected chi connectivity index (χ4v) is 4.01. The maximum Gasteiger partial charge on any atom is 0.348 e. The number of fused-ring (bicyclic) bond motifs is 2. The number of ether oxygens (including phenoxy) is 2. The van der Waals surface area contributed by atoms with Crippen LogP contribution in [0.1, 0.15) is 28.0 Å². The molecule has 4 aromatic rings. The van der Waals surface area contributed by atoms with Gasteiger partial charge in [-0.05, 0) is 50.6 Å². The van der Waals surface area contributed by atoms with Gasteiger partial charge in [-0.3, -0.25) is 4.98 Å². The highest BCUT2D eigenvalue weighted by molar-refractivity contribution is 7.20. The molecule has 7 heteroatoms. The molecule has 0 aliphatic carbocycles. The van der Waals surface area contributed by atoms with Gasteiger partial charge in [0.2, 0.25) is 5.88 Å². The van der Waals surface area contributed by atoms with Gasteiger partial charge in [0, 0.05) is 11.6 Å². The Morgan fingerprint density at radius 1 is 1.19 bits per heavy atom. The average Bonchev–Trinajstić information content (AvgIpc) is 2.98. The molecule has 1 aromatic carbocycles. The molecule has 3 aromatic heterocycles. The van der Waals surface area contributed by atoms with Gasteiger partial charge in [0.1, 0.15) is 21.3 Å². The summed E-state index contributed by atoms with van der Waals surface area (Å²) in [6, 6.07) is 9.53. The summed E-state index contributed by atoms with van der Waals surface area (Å²) in [5.41, 5.74) is 1.66. The lowest BCUT2D eigenvalue weighted by Crippen LogP contribution is -2.03. The molecule has 27 heavy (non-hydrogen) atoms. The van der Waals surface area contributed by atoms with E-state index in [1.165, 1.54) is 11.3 Å². The first-order chi connectivity index (χ1) is 13.1. The van der Waals surface area contributed by atoms with Crippen LogP contribution in [-0.2, 0) is 4.74 Å². The number of benzene rings is 1. The Labute approximate surface area is 159 Å².